The Morgan fingerprint density at radius 3 is 2.61 bits per heavy atom. The maximum absolute atomic E-state index is 13.9. The number of fused-ring (bicyclic) bond motifs is 1. The van der Waals surface area contributed by atoms with Crippen molar-refractivity contribution in [2.75, 3.05) is 5.73 Å². The number of hydrogen-bond acceptors (Lipinski definition) is 3. The molecule has 0 unspecified atom stereocenters. The van der Waals surface area contributed by atoms with Crippen LogP contribution in [0.3, 0.4) is 0 Å². The summed E-state index contributed by atoms with van der Waals surface area (Å²) in [4.78, 5) is 23.6. The fourth-order valence-corrected chi connectivity index (χ4v) is 2.56. The van der Waals surface area contributed by atoms with Crippen molar-refractivity contribution in [2.24, 2.45) is 0 Å². The number of carbonyl (C=O) groups is 1. The first kappa shape index (κ1) is 14.8. The lowest BCUT2D eigenvalue weighted by Crippen LogP contribution is -2.20. The van der Waals surface area contributed by atoms with Gasteiger partial charge in [-0.2, -0.15) is 0 Å². The smallest absolute Gasteiger partial charge is 0.341 e. The summed E-state index contributed by atoms with van der Waals surface area (Å²) in [5.41, 5.74) is 5.84. The summed E-state index contributed by atoms with van der Waals surface area (Å²) in [5.74, 6) is -1.75. The first-order chi connectivity index (χ1) is 11.0. The van der Waals surface area contributed by atoms with E-state index in [0.717, 1.165) is 0 Å². The molecule has 1 heterocycles. The number of nitrogen functional groups attached to an aromatic ring is 1. The Bertz CT molecular complexity index is 979. The number of carboxylic acids is 1. The molecule has 0 saturated carbocycles. The number of nitrogens with zero attached hydrogens (tertiary/aromatic N) is 1. The van der Waals surface area contributed by atoms with Crippen molar-refractivity contribution in [1.29, 1.82) is 0 Å². The first-order valence-electron chi connectivity index (χ1n) is 6.87. The molecule has 116 valence electrons. The Hall–Kier alpha value is -3.15. The van der Waals surface area contributed by atoms with Crippen LogP contribution in [-0.4, -0.2) is 15.6 Å². The molecule has 1 aromatic heterocycles. The van der Waals surface area contributed by atoms with E-state index >= 15 is 0 Å². The molecule has 0 radical (unpaired) electrons. The van der Waals surface area contributed by atoms with Crippen LogP contribution in [0.2, 0.25) is 0 Å². The normalized spacial score (nSPS) is 10.8. The van der Waals surface area contributed by atoms with Gasteiger partial charge in [0.2, 0.25) is 5.43 Å². The van der Waals surface area contributed by atoms with Gasteiger partial charge in [0, 0.05) is 17.4 Å². The van der Waals surface area contributed by atoms with Crippen molar-refractivity contribution >= 4 is 22.6 Å². The van der Waals surface area contributed by atoms with E-state index in [-0.39, 0.29) is 17.6 Å². The third-order valence-corrected chi connectivity index (χ3v) is 3.67. The number of rotatable bonds is 3. The van der Waals surface area contributed by atoms with E-state index in [2.05, 4.69) is 0 Å². The number of anilines is 1. The molecule has 3 rings (SSSR count). The number of halogens is 1. The summed E-state index contributed by atoms with van der Waals surface area (Å²) in [5, 5.41) is 9.36. The summed E-state index contributed by atoms with van der Waals surface area (Å²) in [6, 6.07) is 11.0. The number of aromatic carboxylic acids is 1. The number of aromatic nitrogens is 1. The lowest BCUT2D eigenvalue weighted by atomic mass is 10.1. The zero-order chi connectivity index (χ0) is 16.6. The molecule has 0 spiro atoms. The Balaban J connectivity index is 2.30. The quantitative estimate of drug-likeness (QED) is 0.728. The highest BCUT2D eigenvalue weighted by molar-refractivity contribution is 5.97. The number of carboxylic acid groups (broad SMARTS) is 1. The van der Waals surface area contributed by atoms with Gasteiger partial charge < -0.3 is 15.4 Å². The molecule has 0 aliphatic carbocycles. The summed E-state index contributed by atoms with van der Waals surface area (Å²) < 4.78 is 15.4. The van der Waals surface area contributed by atoms with Gasteiger partial charge in [0.15, 0.2) is 0 Å². The van der Waals surface area contributed by atoms with Crippen LogP contribution in [0.15, 0.2) is 53.5 Å². The minimum atomic E-state index is -1.34. The van der Waals surface area contributed by atoms with E-state index in [4.69, 9.17) is 5.73 Å². The maximum Gasteiger partial charge on any atom is 0.341 e. The molecule has 0 aliphatic heterocycles. The number of hydrogen-bond donors (Lipinski definition) is 2. The monoisotopic (exact) mass is 312 g/mol. The van der Waals surface area contributed by atoms with Gasteiger partial charge >= 0.3 is 5.97 Å². The van der Waals surface area contributed by atoms with Crippen molar-refractivity contribution < 1.29 is 14.3 Å². The Labute approximate surface area is 130 Å². The molecule has 0 amide bonds. The molecular formula is C17H13FN2O3. The topological polar surface area (TPSA) is 85.3 Å². The SMILES string of the molecule is Nc1cccc2c1c(=O)c(C(=O)O)cn2Cc1ccccc1F. The molecule has 0 fully saturated rings. The maximum atomic E-state index is 13.9. The molecule has 23 heavy (non-hydrogen) atoms. The van der Waals surface area contributed by atoms with Crippen LogP contribution in [0.25, 0.3) is 10.9 Å². The second kappa shape index (κ2) is 5.57. The zero-order valence-corrected chi connectivity index (χ0v) is 12.0. The highest BCUT2D eigenvalue weighted by Gasteiger charge is 2.16. The van der Waals surface area contributed by atoms with Crippen LogP contribution in [0.1, 0.15) is 15.9 Å². The fourth-order valence-electron chi connectivity index (χ4n) is 2.56. The van der Waals surface area contributed by atoms with Gasteiger partial charge in [0.25, 0.3) is 0 Å². The highest BCUT2D eigenvalue weighted by atomic mass is 19.1. The third-order valence-electron chi connectivity index (χ3n) is 3.67. The minimum absolute atomic E-state index is 0.0905. The van der Waals surface area contributed by atoms with Crippen LogP contribution in [0, 0.1) is 5.82 Å². The average molecular weight is 312 g/mol. The van der Waals surface area contributed by atoms with Gasteiger partial charge in [-0.25, -0.2) is 9.18 Å². The lowest BCUT2D eigenvalue weighted by molar-refractivity contribution is 0.0695. The molecule has 3 aromatic rings. The molecule has 0 saturated heterocycles. The van der Waals surface area contributed by atoms with E-state index in [1.165, 1.54) is 22.9 Å². The van der Waals surface area contributed by atoms with Crippen LogP contribution in [-0.2, 0) is 6.54 Å². The van der Waals surface area contributed by atoms with Crippen molar-refractivity contribution in [3.8, 4) is 0 Å². The molecule has 0 atom stereocenters. The molecule has 5 nitrogen and oxygen atoms in total. The van der Waals surface area contributed by atoms with E-state index in [1.807, 2.05) is 0 Å². The summed E-state index contributed by atoms with van der Waals surface area (Å²) in [6.45, 7) is 0.0905. The van der Waals surface area contributed by atoms with E-state index in [1.54, 1.807) is 30.3 Å². The van der Waals surface area contributed by atoms with Gasteiger partial charge in [-0.1, -0.05) is 24.3 Å². The van der Waals surface area contributed by atoms with Crippen LogP contribution >= 0.6 is 0 Å². The summed E-state index contributed by atoms with van der Waals surface area (Å²) in [6.07, 6.45) is 1.22. The second-order valence-corrected chi connectivity index (χ2v) is 5.14. The van der Waals surface area contributed by atoms with Crippen molar-refractivity contribution in [3.05, 3.63) is 75.8 Å². The van der Waals surface area contributed by atoms with Gasteiger partial charge in [-0.05, 0) is 18.2 Å². The predicted molar refractivity (Wildman–Crippen MR) is 85.1 cm³/mol. The average Bonchev–Trinajstić information content (AvgIpc) is 2.51. The molecule has 0 bridgehead atoms. The molecule has 6 heteroatoms. The van der Waals surface area contributed by atoms with E-state index < -0.39 is 22.8 Å². The van der Waals surface area contributed by atoms with E-state index in [0.29, 0.717) is 11.1 Å². The largest absolute Gasteiger partial charge is 0.477 e. The Morgan fingerprint density at radius 1 is 1.17 bits per heavy atom. The standard InChI is InChI=1S/C17H13FN2O3/c18-12-5-2-1-4-10(12)8-20-9-11(17(22)23)16(21)15-13(19)6-3-7-14(15)20/h1-7,9H,8,19H2,(H,22,23). The highest BCUT2D eigenvalue weighted by Crippen LogP contribution is 2.20. The van der Waals surface area contributed by atoms with Crippen LogP contribution < -0.4 is 11.2 Å². The third kappa shape index (κ3) is 2.55. The van der Waals surface area contributed by atoms with E-state index in [9.17, 15) is 19.1 Å². The first-order valence-corrected chi connectivity index (χ1v) is 6.87. The minimum Gasteiger partial charge on any atom is -0.477 e. The van der Waals surface area contributed by atoms with Gasteiger partial charge in [-0.3, -0.25) is 4.79 Å². The van der Waals surface area contributed by atoms with Crippen LogP contribution in [0.5, 0.6) is 0 Å². The van der Waals surface area contributed by atoms with Crippen molar-refractivity contribution in [1.82, 2.24) is 4.57 Å². The number of benzene rings is 2. The summed E-state index contributed by atoms with van der Waals surface area (Å²) in [7, 11) is 0. The Kier molecular flexibility index (Phi) is 3.57. The number of nitrogens with two attached hydrogens (primary N) is 1. The molecule has 0 aliphatic rings. The number of pyridine rings is 1. The van der Waals surface area contributed by atoms with Crippen molar-refractivity contribution in [3.63, 3.8) is 0 Å². The van der Waals surface area contributed by atoms with Gasteiger partial charge in [0.1, 0.15) is 11.4 Å². The Morgan fingerprint density at radius 2 is 1.91 bits per heavy atom. The van der Waals surface area contributed by atoms with Gasteiger partial charge in [-0.15, -0.1) is 0 Å². The predicted octanol–water partition coefficient (Wildman–Crippen LogP) is 2.47. The second-order valence-electron chi connectivity index (χ2n) is 5.14. The molecular weight excluding hydrogens is 299 g/mol. The van der Waals surface area contributed by atoms with Crippen molar-refractivity contribution in [2.45, 2.75) is 6.54 Å². The molecule has 3 N–H and O–H groups in total. The zero-order valence-electron chi connectivity index (χ0n) is 12.0. The fraction of sp³-hybridized carbons (Fsp3) is 0.0588. The lowest BCUT2D eigenvalue weighted by Gasteiger charge is -2.14. The van der Waals surface area contributed by atoms with Gasteiger partial charge in [0.05, 0.1) is 17.4 Å². The summed E-state index contributed by atoms with van der Waals surface area (Å²) >= 11 is 0. The van der Waals surface area contributed by atoms with Crippen LogP contribution in [0.4, 0.5) is 10.1 Å². The molecule has 2 aromatic carbocycles.